The molecule has 1 aromatic heterocycles. The highest BCUT2D eigenvalue weighted by Gasteiger charge is 2.41. The van der Waals surface area contributed by atoms with Crippen molar-refractivity contribution in [2.45, 2.75) is 51.2 Å². The molecule has 3 atom stereocenters. The summed E-state index contributed by atoms with van der Waals surface area (Å²) in [6, 6.07) is 4.60. The first-order chi connectivity index (χ1) is 10.3. The smallest absolute Gasteiger partial charge is 0.0921 e. The molecule has 21 heavy (non-hydrogen) atoms. The van der Waals surface area contributed by atoms with E-state index in [4.69, 9.17) is 0 Å². The van der Waals surface area contributed by atoms with Crippen LogP contribution in [0.15, 0.2) is 6.07 Å². The van der Waals surface area contributed by atoms with Gasteiger partial charge >= 0.3 is 0 Å². The Hall–Kier alpha value is -1.00. The summed E-state index contributed by atoms with van der Waals surface area (Å²) >= 11 is 1.95. The molecule has 3 aliphatic rings. The monoisotopic (exact) mass is 303 g/mol. The third-order valence-electron chi connectivity index (χ3n) is 5.35. The number of nitrogens with one attached hydrogen (secondary N) is 1. The molecule has 2 fully saturated rings. The van der Waals surface area contributed by atoms with Gasteiger partial charge in [0.15, 0.2) is 0 Å². The lowest BCUT2D eigenvalue weighted by molar-refractivity contribution is 0.282. The van der Waals surface area contributed by atoms with Crippen LogP contribution < -0.4 is 20.0 Å². The molecule has 0 aromatic carbocycles. The highest BCUT2D eigenvalue weighted by molar-refractivity contribution is 7.14. The summed E-state index contributed by atoms with van der Waals surface area (Å²) < 4.78 is 1.45. The molecule has 2 bridgehead atoms. The Bertz CT molecular complexity index is 631. The normalized spacial score (nSPS) is 30.0. The van der Waals surface area contributed by atoms with Gasteiger partial charge in [-0.15, -0.1) is 11.3 Å². The molecular weight excluding hydrogens is 278 g/mol. The molecule has 0 radical (unpaired) electrons. The van der Waals surface area contributed by atoms with Crippen molar-refractivity contribution in [2.24, 2.45) is 0 Å². The van der Waals surface area contributed by atoms with Crippen LogP contribution in [0.1, 0.15) is 33.1 Å². The molecule has 3 nitrogen and oxygen atoms in total. The molecule has 3 aliphatic heterocycles. The van der Waals surface area contributed by atoms with Gasteiger partial charge in [-0.3, -0.25) is 0 Å². The van der Waals surface area contributed by atoms with Crippen LogP contribution in [0.5, 0.6) is 0 Å². The van der Waals surface area contributed by atoms with E-state index in [9.17, 15) is 0 Å². The summed E-state index contributed by atoms with van der Waals surface area (Å²) in [5.74, 6) is 0. The van der Waals surface area contributed by atoms with E-state index in [1.54, 1.807) is 0 Å². The third-order valence-corrected chi connectivity index (χ3v) is 6.50. The fourth-order valence-electron chi connectivity index (χ4n) is 4.16. The zero-order valence-electron chi connectivity index (χ0n) is 13.0. The van der Waals surface area contributed by atoms with Crippen molar-refractivity contribution in [3.8, 4) is 0 Å². The summed E-state index contributed by atoms with van der Waals surface area (Å²) in [6.45, 7) is 7.74. The molecule has 0 spiro atoms. The molecule has 114 valence electrons. The summed E-state index contributed by atoms with van der Waals surface area (Å²) in [6.07, 6.45) is 8.93. The fraction of sp³-hybridized carbons (Fsp3) is 0.647. The van der Waals surface area contributed by atoms with Crippen LogP contribution in [-0.4, -0.2) is 42.7 Å². The van der Waals surface area contributed by atoms with Gasteiger partial charge in [0.25, 0.3) is 0 Å². The van der Waals surface area contributed by atoms with Crippen molar-refractivity contribution in [2.75, 3.05) is 24.5 Å². The second kappa shape index (κ2) is 5.33. The van der Waals surface area contributed by atoms with Gasteiger partial charge in [0, 0.05) is 44.0 Å². The Morgan fingerprint density at radius 2 is 2.19 bits per heavy atom. The lowest BCUT2D eigenvalue weighted by atomic mass is 9.94. The number of hydrogen-bond acceptors (Lipinski definition) is 4. The quantitative estimate of drug-likeness (QED) is 0.905. The van der Waals surface area contributed by atoms with Gasteiger partial charge in [-0.2, -0.15) is 0 Å². The van der Waals surface area contributed by atoms with Crippen LogP contribution in [0, 0.1) is 0 Å². The second-order valence-corrected chi connectivity index (χ2v) is 7.52. The summed E-state index contributed by atoms with van der Waals surface area (Å²) in [5.41, 5.74) is 0. The van der Waals surface area contributed by atoms with Gasteiger partial charge in [-0.25, -0.2) is 0 Å². The Labute approximate surface area is 130 Å². The van der Waals surface area contributed by atoms with Crippen LogP contribution in [0.2, 0.25) is 0 Å². The molecular formula is C17H25N3S. The Morgan fingerprint density at radius 3 is 2.86 bits per heavy atom. The first kappa shape index (κ1) is 13.6. The molecule has 2 saturated heterocycles. The maximum Gasteiger partial charge on any atom is 0.0921 e. The minimum atomic E-state index is 0.715. The topological polar surface area (TPSA) is 18.5 Å². The molecule has 1 aromatic rings. The van der Waals surface area contributed by atoms with Gasteiger partial charge in [-0.05, 0) is 44.4 Å². The minimum Gasteiger partial charge on any atom is -0.368 e. The van der Waals surface area contributed by atoms with Crippen molar-refractivity contribution < 1.29 is 0 Å². The van der Waals surface area contributed by atoms with Crippen molar-refractivity contribution in [3.63, 3.8) is 0 Å². The lowest BCUT2D eigenvalue weighted by Crippen LogP contribution is -2.44. The predicted molar refractivity (Wildman–Crippen MR) is 91.1 cm³/mol. The van der Waals surface area contributed by atoms with E-state index >= 15 is 0 Å². The molecule has 0 saturated carbocycles. The zero-order valence-corrected chi connectivity index (χ0v) is 13.8. The standard InChI is InChI=1S/C17H25N3S/c1-3-19(4-2)17-9-12-7-8-20(11-16(12)21-17)15-10-13-5-6-14(15)18-13/h7,9,11,13-15,18H,3-6,8,10H2,1-2H3/t13-,14+,15-/m1/s1. The summed E-state index contributed by atoms with van der Waals surface area (Å²) in [4.78, 5) is 5.04. The van der Waals surface area contributed by atoms with Gasteiger partial charge in [-0.1, -0.05) is 6.08 Å². The Morgan fingerprint density at radius 1 is 1.33 bits per heavy atom. The first-order valence-electron chi connectivity index (χ1n) is 8.37. The van der Waals surface area contributed by atoms with Crippen molar-refractivity contribution in [1.82, 2.24) is 10.2 Å². The van der Waals surface area contributed by atoms with Crippen LogP contribution in [0.4, 0.5) is 5.00 Å². The van der Waals surface area contributed by atoms with E-state index in [0.717, 1.165) is 31.7 Å². The number of rotatable bonds is 4. The van der Waals surface area contributed by atoms with Gasteiger partial charge in [0.1, 0.15) is 0 Å². The SMILES string of the molecule is CCN(CC)c1cc2c(s1)=CN([C@@H]1C[C@H]3CC[C@@H]1N3)CC=2. The van der Waals surface area contributed by atoms with E-state index in [1.165, 1.54) is 34.0 Å². The minimum absolute atomic E-state index is 0.715. The van der Waals surface area contributed by atoms with E-state index in [-0.39, 0.29) is 0 Å². The van der Waals surface area contributed by atoms with E-state index < -0.39 is 0 Å². The maximum absolute atomic E-state index is 3.76. The lowest BCUT2D eigenvalue weighted by Gasteiger charge is -2.32. The van der Waals surface area contributed by atoms with Crippen molar-refractivity contribution in [3.05, 3.63) is 15.8 Å². The van der Waals surface area contributed by atoms with Gasteiger partial charge in [0.2, 0.25) is 0 Å². The Kier molecular flexibility index (Phi) is 3.46. The third kappa shape index (κ3) is 2.29. The number of anilines is 1. The van der Waals surface area contributed by atoms with E-state index in [1.807, 2.05) is 11.3 Å². The van der Waals surface area contributed by atoms with Gasteiger partial charge in [0.05, 0.1) is 9.53 Å². The molecule has 0 unspecified atom stereocenters. The molecule has 4 heterocycles. The number of thiophene rings is 1. The molecule has 0 aliphatic carbocycles. The van der Waals surface area contributed by atoms with Crippen LogP contribution >= 0.6 is 11.3 Å². The van der Waals surface area contributed by atoms with E-state index in [2.05, 4.69) is 47.3 Å². The van der Waals surface area contributed by atoms with Crippen LogP contribution in [0.25, 0.3) is 12.3 Å². The average Bonchev–Trinajstić information content (AvgIpc) is 3.22. The summed E-state index contributed by atoms with van der Waals surface area (Å²) in [7, 11) is 0. The predicted octanol–water partition coefficient (Wildman–Crippen LogP) is 1.32. The van der Waals surface area contributed by atoms with E-state index in [0.29, 0.717) is 6.04 Å². The van der Waals surface area contributed by atoms with Crippen LogP contribution in [-0.2, 0) is 0 Å². The molecule has 1 N–H and O–H groups in total. The summed E-state index contributed by atoms with van der Waals surface area (Å²) in [5, 5.41) is 6.62. The van der Waals surface area contributed by atoms with Gasteiger partial charge < -0.3 is 15.1 Å². The molecule has 0 amide bonds. The highest BCUT2D eigenvalue weighted by Crippen LogP contribution is 2.32. The number of hydrogen-bond donors (Lipinski definition) is 1. The molecule has 4 heteroatoms. The molecule has 4 rings (SSSR count). The second-order valence-electron chi connectivity index (χ2n) is 6.46. The average molecular weight is 303 g/mol. The first-order valence-corrected chi connectivity index (χ1v) is 9.18. The fourth-order valence-corrected chi connectivity index (χ4v) is 5.40. The Balaban J connectivity index is 1.61. The zero-order chi connectivity index (χ0) is 14.4. The highest BCUT2D eigenvalue weighted by atomic mass is 32.1. The largest absolute Gasteiger partial charge is 0.368 e. The van der Waals surface area contributed by atoms with Crippen molar-refractivity contribution >= 4 is 28.6 Å². The number of nitrogens with zero attached hydrogens (tertiary/aromatic N) is 2. The maximum atomic E-state index is 3.76. The van der Waals surface area contributed by atoms with Crippen molar-refractivity contribution in [1.29, 1.82) is 0 Å². The van der Waals surface area contributed by atoms with Crippen LogP contribution in [0.3, 0.4) is 0 Å². The number of fused-ring (bicyclic) bond motifs is 3.